The van der Waals surface area contributed by atoms with Crippen LogP contribution in [0.1, 0.15) is 0 Å². The van der Waals surface area contributed by atoms with E-state index in [9.17, 15) is 4.79 Å². The van der Waals surface area contributed by atoms with Gasteiger partial charge >= 0.3 is 5.97 Å². The summed E-state index contributed by atoms with van der Waals surface area (Å²) in [5, 5.41) is 0. The van der Waals surface area contributed by atoms with Crippen LogP contribution in [0.4, 0.5) is 0 Å². The van der Waals surface area contributed by atoms with Crippen LogP contribution < -0.4 is 0 Å². The van der Waals surface area contributed by atoms with E-state index in [4.69, 9.17) is 0 Å². The average molecular weight is 230 g/mol. The van der Waals surface area contributed by atoms with Crippen molar-refractivity contribution < 1.29 is 50.4 Å². The van der Waals surface area contributed by atoms with Crippen molar-refractivity contribution in [1.82, 2.24) is 0 Å². The van der Waals surface area contributed by atoms with Crippen LogP contribution in [-0.4, -0.2) is 13.1 Å². The predicted octanol–water partition coefficient (Wildman–Crippen LogP) is 0.345. The molecule has 0 radical (unpaired) electrons. The maximum Gasteiger partial charge on any atom is 0.329 e. The first kappa shape index (κ1) is 10.5. The molecule has 0 saturated carbocycles. The molecular weight excluding hydrogens is 224 g/mol. The molecule has 0 bridgehead atoms. The number of ether oxygens (including phenoxy) is 1. The Labute approximate surface area is 75.4 Å². The van der Waals surface area contributed by atoms with E-state index >= 15 is 0 Å². The molecule has 0 unspecified atom stereocenters. The number of hydrogen-bond acceptors (Lipinski definition) is 2. The van der Waals surface area contributed by atoms with Crippen LogP contribution in [0.3, 0.4) is 0 Å². The van der Waals surface area contributed by atoms with E-state index in [0.29, 0.717) is 0 Å². The molecule has 2 nitrogen and oxygen atoms in total. The summed E-state index contributed by atoms with van der Waals surface area (Å²) in [5.41, 5.74) is 0. The minimum Gasteiger partial charge on any atom is -0.466 e. The van der Waals surface area contributed by atoms with Crippen molar-refractivity contribution in [1.29, 1.82) is 0 Å². The van der Waals surface area contributed by atoms with Crippen LogP contribution in [-0.2, 0) is 9.53 Å². The summed E-state index contributed by atoms with van der Waals surface area (Å²) in [6, 6.07) is 0. The van der Waals surface area contributed by atoms with E-state index < -0.39 is 5.97 Å². The summed E-state index contributed by atoms with van der Waals surface area (Å²) in [6.07, 6.45) is 1.11. The van der Waals surface area contributed by atoms with Crippen LogP contribution in [0.25, 0.3) is 0 Å². The number of rotatable bonds is 1. The Morgan fingerprint density at radius 3 is 2.29 bits per heavy atom. The van der Waals surface area contributed by atoms with Crippen LogP contribution in [0.5, 0.6) is 0 Å². The van der Waals surface area contributed by atoms with E-state index in [1.165, 1.54) is 7.11 Å². The molecule has 0 amide bonds. The minimum atomic E-state index is -0.394. The van der Waals surface area contributed by atoms with Gasteiger partial charge in [-0.05, 0) is 0 Å². The molecule has 0 atom stereocenters. The van der Waals surface area contributed by atoms with E-state index in [-0.39, 0.29) is 40.8 Å². The molecule has 0 N–H and O–H groups in total. The molecule has 0 heterocycles. The second kappa shape index (κ2) is 6.56. The van der Waals surface area contributed by atoms with Crippen molar-refractivity contribution in [3.05, 3.63) is 12.7 Å². The molecule has 0 rings (SSSR count). The average Bonchev–Trinajstić information content (AvgIpc) is 1.65. The van der Waals surface area contributed by atoms with Gasteiger partial charge in [0.2, 0.25) is 0 Å². The zero-order chi connectivity index (χ0) is 4.99. The van der Waals surface area contributed by atoms with Gasteiger partial charge < -0.3 is 4.74 Å². The third kappa shape index (κ3) is 6.56. The van der Waals surface area contributed by atoms with Gasteiger partial charge in [0.05, 0.1) is 7.11 Å². The minimum absolute atomic E-state index is 0. The predicted molar refractivity (Wildman–Crippen MR) is 22.2 cm³/mol. The molecule has 3 heteroatoms. The van der Waals surface area contributed by atoms with Crippen molar-refractivity contribution in [2.45, 2.75) is 0 Å². The normalized spacial score (nSPS) is 5.86. The van der Waals surface area contributed by atoms with Gasteiger partial charge in [-0.1, -0.05) is 6.58 Å². The summed E-state index contributed by atoms with van der Waals surface area (Å²) in [6.45, 7) is 3.16. The molecule has 0 fully saturated rings. The number of methoxy groups -OCH3 is 1. The van der Waals surface area contributed by atoms with Crippen molar-refractivity contribution in [3.8, 4) is 0 Å². The quantitative estimate of drug-likeness (QED) is 0.480. The molecule has 0 aromatic heterocycles. The third-order valence-corrected chi connectivity index (χ3v) is 0.368. The van der Waals surface area contributed by atoms with Crippen molar-refractivity contribution in [3.63, 3.8) is 0 Å². The van der Waals surface area contributed by atoms with Gasteiger partial charge in [-0.2, -0.15) is 0 Å². The van der Waals surface area contributed by atoms with Gasteiger partial charge in [-0.25, -0.2) is 4.79 Å². The molecule has 38 valence electrons. The fourth-order valence-electron chi connectivity index (χ4n) is 0.0833. The van der Waals surface area contributed by atoms with Gasteiger partial charge in [-0.15, -0.1) is 0 Å². The maximum absolute atomic E-state index is 9.84. The van der Waals surface area contributed by atoms with E-state index in [2.05, 4.69) is 11.3 Å². The zero-order valence-electron chi connectivity index (χ0n) is 4.10. The molecule has 0 aliphatic carbocycles. The molecular formula is C4H6NdO2. The number of carbonyl (C=O) groups is 1. The van der Waals surface area contributed by atoms with Crippen LogP contribution in [0, 0.1) is 40.8 Å². The first-order valence-corrected chi connectivity index (χ1v) is 1.51. The molecule has 0 aromatic rings. The Morgan fingerprint density at radius 1 is 1.86 bits per heavy atom. The fourth-order valence-corrected chi connectivity index (χ4v) is 0.0833. The Kier molecular flexibility index (Phi) is 9.86. The largest absolute Gasteiger partial charge is 0.466 e. The molecule has 0 aliphatic heterocycles. The summed E-state index contributed by atoms with van der Waals surface area (Å²) >= 11 is 0. The maximum atomic E-state index is 9.84. The van der Waals surface area contributed by atoms with Crippen molar-refractivity contribution in [2.24, 2.45) is 0 Å². The van der Waals surface area contributed by atoms with Gasteiger partial charge in [0, 0.05) is 46.9 Å². The van der Waals surface area contributed by atoms with Crippen LogP contribution >= 0.6 is 0 Å². The first-order chi connectivity index (χ1) is 2.81. The number of esters is 1. The summed E-state index contributed by atoms with van der Waals surface area (Å²) in [7, 11) is 1.31. The van der Waals surface area contributed by atoms with Crippen LogP contribution in [0.2, 0.25) is 0 Å². The second-order valence-corrected chi connectivity index (χ2v) is 0.727. The summed E-state index contributed by atoms with van der Waals surface area (Å²) < 4.78 is 4.14. The van der Waals surface area contributed by atoms with Crippen molar-refractivity contribution in [2.75, 3.05) is 7.11 Å². The van der Waals surface area contributed by atoms with Gasteiger partial charge in [-0.3, -0.25) is 0 Å². The molecule has 0 spiro atoms. The van der Waals surface area contributed by atoms with E-state index in [1.807, 2.05) is 0 Å². The van der Waals surface area contributed by atoms with E-state index in [0.717, 1.165) is 6.08 Å². The molecule has 0 aromatic carbocycles. The number of hydrogen-bond donors (Lipinski definition) is 0. The first-order valence-electron chi connectivity index (χ1n) is 1.51. The Morgan fingerprint density at radius 2 is 2.29 bits per heavy atom. The van der Waals surface area contributed by atoms with Crippen molar-refractivity contribution >= 4 is 5.97 Å². The zero-order valence-corrected chi connectivity index (χ0v) is 7.31. The van der Waals surface area contributed by atoms with Crippen LogP contribution in [0.15, 0.2) is 12.7 Å². The standard InChI is InChI=1S/C4H6O2.Nd/c1-3-4(5)6-2;/h3H,1H2,2H3;. The smallest absolute Gasteiger partial charge is 0.329 e. The Bertz CT molecular complexity index is 70.1. The molecule has 0 saturated heterocycles. The summed E-state index contributed by atoms with van der Waals surface area (Å²) in [4.78, 5) is 9.84. The molecule has 0 aliphatic rings. The van der Waals surface area contributed by atoms with E-state index in [1.54, 1.807) is 0 Å². The summed E-state index contributed by atoms with van der Waals surface area (Å²) in [5.74, 6) is -0.394. The molecule has 7 heavy (non-hydrogen) atoms. The Balaban J connectivity index is 0. The van der Waals surface area contributed by atoms with Gasteiger partial charge in [0.25, 0.3) is 0 Å². The van der Waals surface area contributed by atoms with Gasteiger partial charge in [0.15, 0.2) is 0 Å². The third-order valence-electron chi connectivity index (χ3n) is 0.368. The monoisotopic (exact) mass is 228 g/mol. The SMILES string of the molecule is C=CC(=O)OC.[Nd]. The van der Waals surface area contributed by atoms with Gasteiger partial charge in [0.1, 0.15) is 0 Å². The second-order valence-electron chi connectivity index (χ2n) is 0.727. The number of carbonyl (C=O) groups excluding carboxylic acids is 1. The topological polar surface area (TPSA) is 26.3 Å². The fraction of sp³-hybridized carbons (Fsp3) is 0.250. The Hall–Kier alpha value is 0.561.